The van der Waals surface area contributed by atoms with Crippen molar-refractivity contribution in [3.63, 3.8) is 0 Å². The van der Waals surface area contributed by atoms with Gasteiger partial charge in [-0.3, -0.25) is 4.90 Å². The molecule has 20 heavy (non-hydrogen) atoms. The Kier molecular flexibility index (Phi) is 5.80. The molecule has 0 aliphatic carbocycles. The van der Waals surface area contributed by atoms with Crippen LogP contribution in [0.4, 0.5) is 4.79 Å². The van der Waals surface area contributed by atoms with Crippen LogP contribution in [-0.2, 0) is 19.0 Å². The van der Waals surface area contributed by atoms with Crippen molar-refractivity contribution < 1.29 is 23.8 Å². The smallest absolute Gasteiger partial charge is 0.411 e. The molecule has 6 heteroatoms. The highest BCUT2D eigenvalue weighted by Crippen LogP contribution is 2.24. The molecule has 0 aromatic carbocycles. The lowest BCUT2D eigenvalue weighted by Crippen LogP contribution is -2.44. The number of carbonyl (C=O) groups excluding carboxylic acids is 2. The average Bonchev–Trinajstić information content (AvgIpc) is 2.72. The fourth-order valence-electron chi connectivity index (χ4n) is 2.14. The molecule has 0 bridgehead atoms. The van der Waals surface area contributed by atoms with E-state index >= 15 is 0 Å². The highest BCUT2D eigenvalue weighted by molar-refractivity contribution is 5.82. The average molecular weight is 287 g/mol. The predicted molar refractivity (Wildman–Crippen MR) is 73.4 cm³/mol. The Bertz CT molecular complexity index is 350. The molecule has 6 nitrogen and oxygen atoms in total. The summed E-state index contributed by atoms with van der Waals surface area (Å²) in [5.74, 6) is -0.402. The molecule has 1 rings (SSSR count). The van der Waals surface area contributed by atoms with E-state index in [1.807, 2.05) is 6.92 Å². The van der Waals surface area contributed by atoms with Crippen molar-refractivity contribution in [3.8, 4) is 0 Å². The lowest BCUT2D eigenvalue weighted by molar-refractivity contribution is -0.148. The first kappa shape index (κ1) is 16.8. The van der Waals surface area contributed by atoms with Crippen LogP contribution < -0.4 is 0 Å². The van der Waals surface area contributed by atoms with Crippen LogP contribution in [0.25, 0.3) is 0 Å². The number of nitrogens with zero attached hydrogens (tertiary/aromatic N) is 1. The van der Waals surface area contributed by atoms with Crippen molar-refractivity contribution in [2.24, 2.45) is 0 Å². The Morgan fingerprint density at radius 1 is 1.20 bits per heavy atom. The second-order valence-electron chi connectivity index (χ2n) is 5.71. The zero-order valence-electron chi connectivity index (χ0n) is 13.0. The summed E-state index contributed by atoms with van der Waals surface area (Å²) < 4.78 is 15.9. The maximum Gasteiger partial charge on any atom is 0.411 e. The van der Waals surface area contributed by atoms with E-state index < -0.39 is 23.7 Å². The third-order valence-electron chi connectivity index (χ3n) is 2.85. The number of esters is 1. The summed E-state index contributed by atoms with van der Waals surface area (Å²) in [6.45, 7) is 10.2. The number of hydrogen-bond acceptors (Lipinski definition) is 5. The largest absolute Gasteiger partial charge is 0.464 e. The molecule has 116 valence electrons. The monoisotopic (exact) mass is 287 g/mol. The zero-order valence-corrected chi connectivity index (χ0v) is 13.0. The van der Waals surface area contributed by atoms with Crippen molar-refractivity contribution in [2.45, 2.75) is 58.8 Å². The summed E-state index contributed by atoms with van der Waals surface area (Å²) in [5.41, 5.74) is -0.597. The number of rotatable bonds is 4. The molecule has 0 unspecified atom stereocenters. The van der Waals surface area contributed by atoms with Gasteiger partial charge in [0, 0.05) is 13.0 Å². The molecule has 1 fully saturated rings. The van der Waals surface area contributed by atoms with Gasteiger partial charge in [-0.25, -0.2) is 9.59 Å². The van der Waals surface area contributed by atoms with Crippen molar-refractivity contribution in [2.75, 3.05) is 19.8 Å². The highest BCUT2D eigenvalue weighted by atomic mass is 16.6. The number of likely N-dealkylation sites (tertiary alicyclic amines) is 1. The zero-order chi connectivity index (χ0) is 15.3. The molecule has 0 aromatic heterocycles. The Morgan fingerprint density at radius 2 is 1.85 bits per heavy atom. The molecule has 0 saturated carbocycles. The summed E-state index contributed by atoms with van der Waals surface area (Å²) in [4.78, 5) is 25.5. The van der Waals surface area contributed by atoms with Gasteiger partial charge in [-0.1, -0.05) is 0 Å². The molecule has 0 N–H and O–H groups in total. The fourth-order valence-corrected chi connectivity index (χ4v) is 2.14. The van der Waals surface area contributed by atoms with Crippen LogP contribution in [-0.4, -0.2) is 54.5 Å². The summed E-state index contributed by atoms with van der Waals surface area (Å²) in [7, 11) is 0. The summed E-state index contributed by atoms with van der Waals surface area (Å²) in [6.07, 6.45) is -0.203. The van der Waals surface area contributed by atoms with Crippen LogP contribution >= 0.6 is 0 Å². The van der Waals surface area contributed by atoms with Gasteiger partial charge in [0.05, 0.1) is 19.3 Å². The molecular formula is C14H25NO5. The molecule has 1 saturated heterocycles. The number of carbonyl (C=O) groups is 2. The molecule has 0 spiro atoms. The van der Waals surface area contributed by atoms with E-state index in [4.69, 9.17) is 14.2 Å². The molecule has 1 aliphatic rings. The quantitative estimate of drug-likeness (QED) is 0.740. The van der Waals surface area contributed by atoms with Gasteiger partial charge in [-0.15, -0.1) is 0 Å². The second-order valence-corrected chi connectivity index (χ2v) is 5.71. The van der Waals surface area contributed by atoms with Gasteiger partial charge >= 0.3 is 12.1 Å². The Morgan fingerprint density at radius 3 is 2.35 bits per heavy atom. The lowest BCUT2D eigenvalue weighted by Gasteiger charge is -2.27. The molecule has 2 atom stereocenters. The summed E-state index contributed by atoms with van der Waals surface area (Å²) >= 11 is 0. The van der Waals surface area contributed by atoms with E-state index in [1.165, 1.54) is 4.90 Å². The van der Waals surface area contributed by atoms with E-state index in [0.29, 0.717) is 19.6 Å². The molecule has 0 radical (unpaired) electrons. The fraction of sp³-hybridized carbons (Fsp3) is 0.857. The van der Waals surface area contributed by atoms with Crippen molar-refractivity contribution in [1.82, 2.24) is 4.90 Å². The van der Waals surface area contributed by atoms with Crippen LogP contribution in [0.3, 0.4) is 0 Å². The van der Waals surface area contributed by atoms with E-state index in [2.05, 4.69) is 0 Å². The van der Waals surface area contributed by atoms with Crippen LogP contribution in [0.5, 0.6) is 0 Å². The third kappa shape index (κ3) is 4.67. The van der Waals surface area contributed by atoms with Gasteiger partial charge in [-0.2, -0.15) is 0 Å². The van der Waals surface area contributed by atoms with Gasteiger partial charge < -0.3 is 14.2 Å². The van der Waals surface area contributed by atoms with Gasteiger partial charge in [0.25, 0.3) is 0 Å². The van der Waals surface area contributed by atoms with Crippen molar-refractivity contribution >= 4 is 12.1 Å². The topological polar surface area (TPSA) is 65.1 Å². The molecule has 1 heterocycles. The van der Waals surface area contributed by atoms with Gasteiger partial charge in [0.15, 0.2) is 0 Å². The first-order valence-corrected chi connectivity index (χ1v) is 7.06. The minimum absolute atomic E-state index is 0.151. The van der Waals surface area contributed by atoms with Crippen molar-refractivity contribution in [3.05, 3.63) is 0 Å². The van der Waals surface area contributed by atoms with Gasteiger partial charge in [0.1, 0.15) is 11.6 Å². The second kappa shape index (κ2) is 6.92. The number of hydrogen-bond donors (Lipinski definition) is 0. The third-order valence-corrected chi connectivity index (χ3v) is 2.85. The van der Waals surface area contributed by atoms with E-state index in [9.17, 15) is 9.59 Å². The molecule has 1 amide bonds. The maximum absolute atomic E-state index is 12.2. The van der Waals surface area contributed by atoms with E-state index in [1.54, 1.807) is 27.7 Å². The van der Waals surface area contributed by atoms with Crippen LogP contribution in [0.15, 0.2) is 0 Å². The molecular weight excluding hydrogens is 262 g/mol. The highest BCUT2D eigenvalue weighted by Gasteiger charge is 2.42. The lowest BCUT2D eigenvalue weighted by atomic mass is 10.2. The normalized spacial score (nSPS) is 22.8. The van der Waals surface area contributed by atoms with Gasteiger partial charge in [-0.05, 0) is 34.6 Å². The Hall–Kier alpha value is -1.30. The Balaban J connectivity index is 2.77. The minimum Gasteiger partial charge on any atom is -0.464 e. The minimum atomic E-state index is -0.624. The Labute approximate surface area is 120 Å². The predicted octanol–water partition coefficient (Wildman–Crippen LogP) is 1.96. The number of amides is 1. The van der Waals surface area contributed by atoms with Crippen LogP contribution in [0.2, 0.25) is 0 Å². The van der Waals surface area contributed by atoms with Crippen LogP contribution in [0, 0.1) is 0 Å². The SMILES string of the molecule is CCOC(=O)[C@@H]1C[C@H](OCC)CN1C(=O)OC(C)(C)C. The standard InChI is InChI=1S/C14H25NO5/c1-6-18-10-8-11(12(16)19-7-2)15(9-10)13(17)20-14(3,4)5/h10-11H,6-9H2,1-5H3/t10-,11-/m0/s1. The first-order valence-electron chi connectivity index (χ1n) is 7.06. The summed E-state index contributed by atoms with van der Waals surface area (Å²) in [6, 6.07) is -0.624. The van der Waals surface area contributed by atoms with Gasteiger partial charge in [0.2, 0.25) is 0 Å². The maximum atomic E-state index is 12.2. The molecule has 1 aliphatic heterocycles. The molecule has 0 aromatic rings. The first-order chi connectivity index (χ1) is 9.28. The number of ether oxygens (including phenoxy) is 3. The summed E-state index contributed by atoms with van der Waals surface area (Å²) in [5, 5.41) is 0. The van der Waals surface area contributed by atoms with Crippen LogP contribution in [0.1, 0.15) is 41.0 Å². The van der Waals surface area contributed by atoms with E-state index in [0.717, 1.165) is 0 Å². The van der Waals surface area contributed by atoms with E-state index in [-0.39, 0.29) is 12.7 Å². The van der Waals surface area contributed by atoms with Crippen molar-refractivity contribution in [1.29, 1.82) is 0 Å².